The zero-order valence-corrected chi connectivity index (χ0v) is 14.7. The molecule has 1 unspecified atom stereocenters. The molecule has 2 N–H and O–H groups in total. The van der Waals surface area contributed by atoms with Gasteiger partial charge < -0.3 is 15.4 Å². The number of rotatable bonds is 8. The summed E-state index contributed by atoms with van der Waals surface area (Å²) in [5.74, 6) is 0.556. The largest absolute Gasteiger partial charge is 0.383 e. The van der Waals surface area contributed by atoms with Gasteiger partial charge in [0.2, 0.25) is 0 Å². The van der Waals surface area contributed by atoms with Crippen LogP contribution >= 0.6 is 0 Å². The first kappa shape index (κ1) is 18.7. The zero-order chi connectivity index (χ0) is 17.2. The molecule has 2 rings (SSSR count). The Morgan fingerprint density at radius 2 is 2.29 bits per heavy atom. The Bertz CT molecular complexity index is 523. The minimum Gasteiger partial charge on any atom is -0.383 e. The number of likely N-dealkylation sites (tertiary alicyclic amines) is 1. The van der Waals surface area contributed by atoms with Gasteiger partial charge in [0.15, 0.2) is 5.96 Å². The maximum Gasteiger partial charge on any atom is 0.191 e. The van der Waals surface area contributed by atoms with Gasteiger partial charge >= 0.3 is 0 Å². The second-order valence-corrected chi connectivity index (χ2v) is 6.03. The van der Waals surface area contributed by atoms with E-state index >= 15 is 0 Å². The molecule has 1 aromatic rings. The molecule has 1 fully saturated rings. The van der Waals surface area contributed by atoms with Crippen molar-refractivity contribution in [3.8, 4) is 0 Å². The van der Waals surface area contributed by atoms with Crippen LogP contribution in [0.3, 0.4) is 0 Å². The lowest BCUT2D eigenvalue weighted by Crippen LogP contribution is -2.45. The molecule has 1 saturated heterocycles. The van der Waals surface area contributed by atoms with Crippen LogP contribution < -0.4 is 10.6 Å². The van der Waals surface area contributed by atoms with Crippen LogP contribution in [0, 0.1) is 5.82 Å². The summed E-state index contributed by atoms with van der Waals surface area (Å²) in [5, 5.41) is 6.67. The van der Waals surface area contributed by atoms with Crippen molar-refractivity contribution in [1.82, 2.24) is 15.5 Å². The van der Waals surface area contributed by atoms with Gasteiger partial charge in [0.25, 0.3) is 0 Å². The third kappa shape index (κ3) is 6.09. The lowest BCUT2D eigenvalue weighted by atomic mass is 10.2. The van der Waals surface area contributed by atoms with E-state index in [1.807, 2.05) is 13.0 Å². The van der Waals surface area contributed by atoms with Gasteiger partial charge in [-0.15, -0.1) is 0 Å². The Balaban J connectivity index is 1.87. The second kappa shape index (κ2) is 10.3. The van der Waals surface area contributed by atoms with E-state index in [0.29, 0.717) is 12.6 Å². The minimum absolute atomic E-state index is 0.222. The summed E-state index contributed by atoms with van der Waals surface area (Å²) >= 11 is 0. The van der Waals surface area contributed by atoms with Gasteiger partial charge in [0, 0.05) is 32.8 Å². The van der Waals surface area contributed by atoms with E-state index in [1.54, 1.807) is 13.2 Å². The van der Waals surface area contributed by atoms with Crippen molar-refractivity contribution in [3.63, 3.8) is 0 Å². The van der Waals surface area contributed by atoms with Gasteiger partial charge in [-0.3, -0.25) is 4.90 Å². The molecule has 1 aliphatic rings. The number of hydrogen-bond acceptors (Lipinski definition) is 3. The number of hydrogen-bond donors (Lipinski definition) is 2. The highest BCUT2D eigenvalue weighted by Gasteiger charge is 2.23. The number of nitrogens with zero attached hydrogens (tertiary/aromatic N) is 2. The number of methoxy groups -OCH3 is 1. The van der Waals surface area contributed by atoms with Gasteiger partial charge in [0.05, 0.1) is 13.2 Å². The summed E-state index contributed by atoms with van der Waals surface area (Å²) in [6, 6.07) is 7.09. The van der Waals surface area contributed by atoms with Gasteiger partial charge in [0.1, 0.15) is 5.82 Å². The maximum atomic E-state index is 13.2. The molecule has 1 aliphatic heterocycles. The third-order valence-corrected chi connectivity index (χ3v) is 4.24. The van der Waals surface area contributed by atoms with Crippen molar-refractivity contribution in [1.29, 1.82) is 0 Å². The smallest absolute Gasteiger partial charge is 0.191 e. The van der Waals surface area contributed by atoms with Gasteiger partial charge in [-0.05, 0) is 44.0 Å². The van der Waals surface area contributed by atoms with Crippen LogP contribution in [0.2, 0.25) is 0 Å². The molecule has 1 aromatic carbocycles. The normalized spacial score (nSPS) is 18.8. The zero-order valence-electron chi connectivity index (χ0n) is 14.7. The Morgan fingerprint density at radius 3 is 3.04 bits per heavy atom. The lowest BCUT2D eigenvalue weighted by Gasteiger charge is -2.25. The molecule has 5 nitrogen and oxygen atoms in total. The van der Waals surface area contributed by atoms with Crippen LogP contribution in [0.1, 0.15) is 25.3 Å². The molecule has 134 valence electrons. The first-order valence-corrected chi connectivity index (χ1v) is 8.72. The molecular weight excluding hydrogens is 307 g/mol. The van der Waals surface area contributed by atoms with Crippen LogP contribution in [0.5, 0.6) is 0 Å². The Kier molecular flexibility index (Phi) is 7.98. The molecular formula is C18H29FN4O. The molecule has 1 heterocycles. The van der Waals surface area contributed by atoms with Crippen LogP contribution in [-0.4, -0.2) is 56.8 Å². The fourth-order valence-corrected chi connectivity index (χ4v) is 2.99. The van der Waals surface area contributed by atoms with Crippen molar-refractivity contribution in [3.05, 3.63) is 35.6 Å². The van der Waals surface area contributed by atoms with Crippen LogP contribution in [0.4, 0.5) is 4.39 Å². The molecule has 1 atom stereocenters. The van der Waals surface area contributed by atoms with Gasteiger partial charge in [-0.25, -0.2) is 9.38 Å². The summed E-state index contributed by atoms with van der Waals surface area (Å²) in [6.45, 7) is 7.04. The molecule has 0 bridgehead atoms. The standard InChI is InChI=1S/C18H29FN4O/c1-3-20-18(21-13-15-6-4-7-16(19)12-15)22-14-17-8-5-9-23(17)10-11-24-2/h4,6-7,12,17H,3,5,8-11,13-14H2,1-2H3,(H2,20,21,22). The number of halogens is 1. The topological polar surface area (TPSA) is 48.9 Å². The molecule has 0 radical (unpaired) electrons. The number of nitrogens with one attached hydrogen (secondary N) is 2. The first-order valence-electron chi connectivity index (χ1n) is 8.72. The lowest BCUT2D eigenvalue weighted by molar-refractivity contribution is 0.141. The van der Waals surface area contributed by atoms with Crippen molar-refractivity contribution in [2.24, 2.45) is 4.99 Å². The predicted octanol–water partition coefficient (Wildman–Crippen LogP) is 1.99. The van der Waals surface area contributed by atoms with Crippen molar-refractivity contribution in [2.45, 2.75) is 32.4 Å². The highest BCUT2D eigenvalue weighted by Crippen LogP contribution is 2.15. The Hall–Kier alpha value is -1.66. The second-order valence-electron chi connectivity index (χ2n) is 6.03. The van der Waals surface area contributed by atoms with Crippen LogP contribution in [0.25, 0.3) is 0 Å². The summed E-state index contributed by atoms with van der Waals surface area (Å²) in [4.78, 5) is 7.02. The summed E-state index contributed by atoms with van der Waals surface area (Å²) in [6.07, 6.45) is 2.42. The quantitative estimate of drug-likeness (QED) is 0.563. The summed E-state index contributed by atoms with van der Waals surface area (Å²) in [5.41, 5.74) is 0.870. The van der Waals surface area contributed by atoms with E-state index in [-0.39, 0.29) is 5.82 Å². The van der Waals surface area contributed by atoms with Crippen molar-refractivity contribution >= 4 is 5.96 Å². The van der Waals surface area contributed by atoms with Crippen LogP contribution in [0.15, 0.2) is 29.3 Å². The molecule has 0 saturated carbocycles. The fourth-order valence-electron chi connectivity index (χ4n) is 2.99. The average molecular weight is 336 g/mol. The van der Waals surface area contributed by atoms with Crippen molar-refractivity contribution in [2.75, 3.05) is 39.9 Å². The van der Waals surface area contributed by atoms with E-state index in [2.05, 4.69) is 20.5 Å². The molecule has 0 spiro atoms. The van der Waals surface area contributed by atoms with Crippen LogP contribution in [-0.2, 0) is 11.3 Å². The molecule has 6 heteroatoms. The van der Waals surface area contributed by atoms with Gasteiger partial charge in [-0.2, -0.15) is 0 Å². The summed E-state index contributed by atoms with van der Waals surface area (Å²) < 4.78 is 18.4. The van der Waals surface area contributed by atoms with E-state index in [4.69, 9.17) is 4.74 Å². The molecule has 0 amide bonds. The third-order valence-electron chi connectivity index (χ3n) is 4.24. The number of benzene rings is 1. The maximum absolute atomic E-state index is 13.2. The van der Waals surface area contributed by atoms with E-state index in [1.165, 1.54) is 25.0 Å². The van der Waals surface area contributed by atoms with Gasteiger partial charge in [-0.1, -0.05) is 12.1 Å². The summed E-state index contributed by atoms with van der Waals surface area (Å²) in [7, 11) is 1.74. The molecule has 0 aliphatic carbocycles. The number of aliphatic imine (C=N–C) groups is 1. The number of ether oxygens (including phenoxy) is 1. The Labute approximate surface area is 144 Å². The van der Waals surface area contributed by atoms with E-state index in [0.717, 1.165) is 44.3 Å². The molecule has 0 aromatic heterocycles. The van der Waals surface area contributed by atoms with E-state index in [9.17, 15) is 4.39 Å². The average Bonchev–Trinajstić information content (AvgIpc) is 3.03. The highest BCUT2D eigenvalue weighted by atomic mass is 19.1. The van der Waals surface area contributed by atoms with Crippen molar-refractivity contribution < 1.29 is 9.13 Å². The Morgan fingerprint density at radius 1 is 1.42 bits per heavy atom. The predicted molar refractivity (Wildman–Crippen MR) is 95.7 cm³/mol. The SMILES string of the molecule is CCNC(=NCc1cccc(F)c1)NCC1CCCN1CCOC. The minimum atomic E-state index is -0.222. The monoisotopic (exact) mass is 336 g/mol. The van der Waals surface area contributed by atoms with E-state index < -0.39 is 0 Å². The fraction of sp³-hybridized carbons (Fsp3) is 0.611. The number of guanidine groups is 1. The molecule has 24 heavy (non-hydrogen) atoms. The first-order chi connectivity index (χ1) is 11.7. The highest BCUT2D eigenvalue weighted by molar-refractivity contribution is 5.79.